The van der Waals surface area contributed by atoms with E-state index < -0.39 is 10.1 Å². The van der Waals surface area contributed by atoms with Gasteiger partial charge in [0.15, 0.2) is 5.76 Å². The molecule has 0 spiro atoms. The average molecular weight is 367 g/mol. The van der Waals surface area contributed by atoms with E-state index in [1.54, 1.807) is 43.5 Å². The molecular weight excluding hydrogens is 346 g/mol. The van der Waals surface area contributed by atoms with E-state index in [-0.39, 0.29) is 29.7 Å². The predicted octanol–water partition coefficient (Wildman–Crippen LogP) is 2.30. The van der Waals surface area contributed by atoms with Gasteiger partial charge in [-0.25, -0.2) is 0 Å². The van der Waals surface area contributed by atoms with E-state index in [9.17, 15) is 13.2 Å². The molecule has 1 amide bonds. The molecule has 0 aliphatic rings. The van der Waals surface area contributed by atoms with Crippen LogP contribution >= 0.6 is 0 Å². The molecule has 2 rings (SSSR count). The molecule has 0 saturated carbocycles. The molecule has 0 saturated heterocycles. The topological polar surface area (TPSA) is 86.0 Å². The first-order valence-corrected chi connectivity index (χ1v) is 9.36. The number of ether oxygens (including phenoxy) is 1. The van der Waals surface area contributed by atoms with Gasteiger partial charge in [-0.1, -0.05) is 18.2 Å². The zero-order valence-electron chi connectivity index (χ0n) is 14.2. The largest absolute Gasteiger partial charge is 0.459 e. The lowest BCUT2D eigenvalue weighted by atomic mass is 10.2. The number of furan rings is 1. The van der Waals surface area contributed by atoms with Crippen molar-refractivity contribution < 1.29 is 26.5 Å². The van der Waals surface area contributed by atoms with Crippen molar-refractivity contribution in [1.82, 2.24) is 4.90 Å². The summed E-state index contributed by atoms with van der Waals surface area (Å²) in [5.41, 5.74) is 0.579. The molecule has 2 aromatic rings. The van der Waals surface area contributed by atoms with Crippen molar-refractivity contribution in [3.8, 4) is 5.75 Å². The summed E-state index contributed by atoms with van der Waals surface area (Å²) in [6.07, 6.45) is 1.42. The van der Waals surface area contributed by atoms with Crippen molar-refractivity contribution in [2.45, 2.75) is 13.5 Å². The van der Waals surface area contributed by atoms with Crippen LogP contribution in [-0.4, -0.2) is 45.2 Å². The molecule has 136 valence electrons. The molecular formula is C17H21NO6S. The number of methoxy groups -OCH3 is 1. The molecule has 7 nitrogen and oxygen atoms in total. The standard InChI is InChI=1S/C17H21NO6S/c1-3-25(20,21)24-15-8-5-4-7-14(15)13-18(10-12-22-2)17(19)16-9-6-11-23-16/h4-9,11H,3,10,12-13H2,1-2H3. The molecule has 0 aliphatic carbocycles. The minimum atomic E-state index is -3.66. The lowest BCUT2D eigenvalue weighted by Crippen LogP contribution is -2.33. The van der Waals surface area contributed by atoms with Crippen LogP contribution in [0.4, 0.5) is 0 Å². The molecule has 0 bridgehead atoms. The summed E-state index contributed by atoms with van der Waals surface area (Å²) in [6, 6.07) is 9.92. The predicted molar refractivity (Wildman–Crippen MR) is 91.9 cm³/mol. The highest BCUT2D eigenvalue weighted by atomic mass is 32.2. The average Bonchev–Trinajstić information content (AvgIpc) is 3.13. The monoisotopic (exact) mass is 367 g/mol. The SMILES string of the molecule is CCS(=O)(=O)Oc1ccccc1CN(CCOC)C(=O)c1ccco1. The summed E-state index contributed by atoms with van der Waals surface area (Å²) in [7, 11) is -2.12. The summed E-state index contributed by atoms with van der Waals surface area (Å²) in [4.78, 5) is 14.1. The Morgan fingerprint density at radius 2 is 1.96 bits per heavy atom. The molecule has 25 heavy (non-hydrogen) atoms. The highest BCUT2D eigenvalue weighted by Gasteiger charge is 2.21. The summed E-state index contributed by atoms with van der Waals surface area (Å²) in [6.45, 7) is 2.33. The van der Waals surface area contributed by atoms with Gasteiger partial charge in [0.25, 0.3) is 5.91 Å². The fraction of sp³-hybridized carbons (Fsp3) is 0.353. The van der Waals surface area contributed by atoms with Gasteiger partial charge in [0, 0.05) is 25.8 Å². The van der Waals surface area contributed by atoms with Gasteiger partial charge in [-0.05, 0) is 25.1 Å². The van der Waals surface area contributed by atoms with E-state index >= 15 is 0 Å². The normalized spacial score (nSPS) is 11.3. The van der Waals surface area contributed by atoms with Gasteiger partial charge in [-0.2, -0.15) is 8.42 Å². The van der Waals surface area contributed by atoms with Crippen LogP contribution in [0.1, 0.15) is 23.0 Å². The molecule has 0 fully saturated rings. The third-order valence-electron chi connectivity index (χ3n) is 3.49. The van der Waals surface area contributed by atoms with Gasteiger partial charge >= 0.3 is 10.1 Å². The smallest absolute Gasteiger partial charge is 0.308 e. The maximum absolute atomic E-state index is 12.6. The fourth-order valence-electron chi connectivity index (χ4n) is 2.13. The number of benzene rings is 1. The van der Waals surface area contributed by atoms with Crippen molar-refractivity contribution in [1.29, 1.82) is 0 Å². The summed E-state index contributed by atoms with van der Waals surface area (Å²) in [5, 5.41) is 0. The highest BCUT2D eigenvalue weighted by molar-refractivity contribution is 7.87. The van der Waals surface area contributed by atoms with Gasteiger partial charge in [0.05, 0.1) is 18.6 Å². The maximum atomic E-state index is 12.6. The van der Waals surface area contributed by atoms with E-state index in [4.69, 9.17) is 13.3 Å². The quantitative estimate of drug-likeness (QED) is 0.632. The van der Waals surface area contributed by atoms with Crippen LogP contribution in [0, 0.1) is 0 Å². The van der Waals surface area contributed by atoms with Crippen molar-refractivity contribution in [2.24, 2.45) is 0 Å². The van der Waals surface area contributed by atoms with Crippen LogP contribution in [0.3, 0.4) is 0 Å². The number of carbonyl (C=O) groups excluding carboxylic acids is 1. The first-order valence-electron chi connectivity index (χ1n) is 7.78. The number of carbonyl (C=O) groups is 1. The lowest BCUT2D eigenvalue weighted by molar-refractivity contribution is 0.0648. The fourth-order valence-corrected chi connectivity index (χ4v) is 2.68. The van der Waals surface area contributed by atoms with Crippen LogP contribution in [0.2, 0.25) is 0 Å². The van der Waals surface area contributed by atoms with Gasteiger partial charge < -0.3 is 18.2 Å². The molecule has 1 heterocycles. The van der Waals surface area contributed by atoms with Crippen LogP contribution < -0.4 is 4.18 Å². The minimum Gasteiger partial charge on any atom is -0.459 e. The van der Waals surface area contributed by atoms with Crippen LogP contribution in [0.25, 0.3) is 0 Å². The number of nitrogens with zero attached hydrogens (tertiary/aromatic N) is 1. The summed E-state index contributed by atoms with van der Waals surface area (Å²) < 4.78 is 38.9. The van der Waals surface area contributed by atoms with Crippen LogP contribution in [0.15, 0.2) is 47.1 Å². The third-order valence-corrected chi connectivity index (χ3v) is 4.63. The number of hydrogen-bond donors (Lipinski definition) is 0. The Morgan fingerprint density at radius 3 is 2.60 bits per heavy atom. The number of para-hydroxylation sites is 1. The molecule has 0 N–H and O–H groups in total. The van der Waals surface area contributed by atoms with Crippen LogP contribution in [0.5, 0.6) is 5.75 Å². The van der Waals surface area contributed by atoms with Gasteiger partial charge in [-0.3, -0.25) is 4.79 Å². The van der Waals surface area contributed by atoms with Gasteiger partial charge in [0.1, 0.15) is 5.75 Å². The van der Waals surface area contributed by atoms with E-state index in [1.165, 1.54) is 18.1 Å². The molecule has 0 radical (unpaired) electrons. The zero-order chi connectivity index (χ0) is 18.3. The van der Waals surface area contributed by atoms with Crippen molar-refractivity contribution in [3.63, 3.8) is 0 Å². The Bertz CT molecular complexity index is 785. The minimum absolute atomic E-state index is 0.139. The van der Waals surface area contributed by atoms with E-state index in [1.807, 2.05) is 0 Å². The first kappa shape index (κ1) is 19.0. The van der Waals surface area contributed by atoms with E-state index in [0.717, 1.165) is 0 Å². The molecule has 8 heteroatoms. The van der Waals surface area contributed by atoms with Crippen molar-refractivity contribution in [3.05, 3.63) is 54.0 Å². The summed E-state index contributed by atoms with van der Waals surface area (Å²) in [5.74, 6) is -0.0371. The Kier molecular flexibility index (Phi) is 6.60. The molecule has 1 aromatic carbocycles. The molecule has 0 atom stereocenters. The lowest BCUT2D eigenvalue weighted by Gasteiger charge is -2.22. The van der Waals surface area contributed by atoms with Crippen molar-refractivity contribution in [2.75, 3.05) is 26.0 Å². The second kappa shape index (κ2) is 8.68. The second-order valence-corrected chi connectivity index (χ2v) is 7.09. The Morgan fingerprint density at radius 1 is 1.20 bits per heavy atom. The van der Waals surface area contributed by atoms with E-state index in [0.29, 0.717) is 18.7 Å². The molecule has 1 aromatic heterocycles. The van der Waals surface area contributed by atoms with Gasteiger partial charge in [-0.15, -0.1) is 0 Å². The number of hydrogen-bond acceptors (Lipinski definition) is 6. The van der Waals surface area contributed by atoms with Crippen LogP contribution in [-0.2, 0) is 21.4 Å². The molecule has 0 aliphatic heterocycles. The zero-order valence-corrected chi connectivity index (χ0v) is 15.0. The molecule has 0 unspecified atom stereocenters. The maximum Gasteiger partial charge on any atom is 0.308 e. The second-order valence-electron chi connectivity index (χ2n) is 5.23. The summed E-state index contributed by atoms with van der Waals surface area (Å²) >= 11 is 0. The third kappa shape index (κ3) is 5.33. The Hall–Kier alpha value is -2.32. The Balaban J connectivity index is 2.25. The highest BCUT2D eigenvalue weighted by Crippen LogP contribution is 2.22. The number of rotatable bonds is 9. The Labute approximate surface area is 147 Å². The van der Waals surface area contributed by atoms with E-state index in [2.05, 4.69) is 0 Å². The van der Waals surface area contributed by atoms with Gasteiger partial charge in [0.2, 0.25) is 0 Å². The first-order chi connectivity index (χ1) is 12.0. The number of amides is 1. The van der Waals surface area contributed by atoms with Crippen molar-refractivity contribution >= 4 is 16.0 Å².